The Kier molecular flexibility index (Phi) is 3.71. The number of carbonyl (C=O) groups is 1. The lowest BCUT2D eigenvalue weighted by Gasteiger charge is -2.14. The molecule has 0 saturated carbocycles. The maximum atomic E-state index is 10.6. The van der Waals surface area contributed by atoms with Crippen LogP contribution in [-0.4, -0.2) is 24.6 Å². The average Bonchev–Trinajstić information content (AvgIpc) is 2.61. The second-order valence-corrected chi connectivity index (χ2v) is 3.09. The van der Waals surface area contributed by atoms with Crippen molar-refractivity contribution in [3.63, 3.8) is 0 Å². The van der Waals surface area contributed by atoms with Crippen LogP contribution in [0.15, 0.2) is 18.3 Å². The van der Waals surface area contributed by atoms with Gasteiger partial charge in [0.15, 0.2) is 6.29 Å². The van der Waals surface area contributed by atoms with Crippen molar-refractivity contribution in [1.29, 1.82) is 0 Å². The quantitative estimate of drug-likeness (QED) is 0.649. The van der Waals surface area contributed by atoms with Crippen LogP contribution < -0.4 is 0 Å². The summed E-state index contributed by atoms with van der Waals surface area (Å²) in [5.74, 6) is 0. The molecule has 0 aliphatic heterocycles. The predicted molar refractivity (Wildman–Crippen MR) is 51.0 cm³/mol. The lowest BCUT2D eigenvalue weighted by Crippen LogP contribution is -2.09. The number of methoxy groups -OCH3 is 1. The first kappa shape index (κ1) is 9.99. The van der Waals surface area contributed by atoms with E-state index in [4.69, 9.17) is 4.74 Å². The Balaban J connectivity index is 2.64. The minimum absolute atomic E-state index is 0.315. The minimum atomic E-state index is 0.315. The lowest BCUT2D eigenvalue weighted by molar-refractivity contribution is 0.111. The van der Waals surface area contributed by atoms with Crippen LogP contribution in [0.25, 0.3) is 0 Å². The molecule has 0 fully saturated rings. The first-order valence-corrected chi connectivity index (χ1v) is 4.40. The number of hydrogen-bond donors (Lipinski definition) is 0. The Bertz CT molecular complexity index is 268. The summed E-state index contributed by atoms with van der Waals surface area (Å²) in [6, 6.07) is 4.01. The number of aldehydes is 1. The van der Waals surface area contributed by atoms with Crippen LogP contribution in [-0.2, 0) is 4.74 Å². The van der Waals surface area contributed by atoms with E-state index in [0.717, 1.165) is 25.0 Å². The van der Waals surface area contributed by atoms with Crippen molar-refractivity contribution < 1.29 is 9.53 Å². The average molecular weight is 181 g/mol. The van der Waals surface area contributed by atoms with E-state index in [1.807, 2.05) is 22.9 Å². The molecule has 3 heteroatoms. The zero-order chi connectivity index (χ0) is 9.68. The van der Waals surface area contributed by atoms with Gasteiger partial charge in [0.1, 0.15) is 0 Å². The van der Waals surface area contributed by atoms with Crippen molar-refractivity contribution in [3.05, 3.63) is 24.0 Å². The Morgan fingerprint density at radius 1 is 1.69 bits per heavy atom. The third-order valence-corrected chi connectivity index (χ3v) is 2.15. The molecule has 0 bridgehead atoms. The maximum Gasteiger partial charge on any atom is 0.166 e. The highest BCUT2D eigenvalue weighted by molar-refractivity contribution is 5.72. The minimum Gasteiger partial charge on any atom is -0.385 e. The van der Waals surface area contributed by atoms with Crippen molar-refractivity contribution in [2.45, 2.75) is 19.4 Å². The van der Waals surface area contributed by atoms with Gasteiger partial charge in [0, 0.05) is 26.0 Å². The number of aromatic nitrogens is 1. The Morgan fingerprint density at radius 2 is 2.46 bits per heavy atom. The van der Waals surface area contributed by atoms with E-state index in [-0.39, 0.29) is 0 Å². The van der Waals surface area contributed by atoms with Gasteiger partial charge in [-0.25, -0.2) is 0 Å². The molecule has 1 heterocycles. The Morgan fingerprint density at radius 3 is 3.08 bits per heavy atom. The molecule has 0 radical (unpaired) electrons. The van der Waals surface area contributed by atoms with E-state index in [9.17, 15) is 4.79 Å². The third-order valence-electron chi connectivity index (χ3n) is 2.15. The van der Waals surface area contributed by atoms with E-state index in [0.29, 0.717) is 6.04 Å². The van der Waals surface area contributed by atoms with Gasteiger partial charge in [0.05, 0.1) is 5.69 Å². The number of hydrogen-bond acceptors (Lipinski definition) is 2. The zero-order valence-electron chi connectivity index (χ0n) is 8.06. The lowest BCUT2D eigenvalue weighted by atomic mass is 10.2. The van der Waals surface area contributed by atoms with Gasteiger partial charge in [0.25, 0.3) is 0 Å². The van der Waals surface area contributed by atoms with Crippen molar-refractivity contribution in [1.82, 2.24) is 4.57 Å². The topological polar surface area (TPSA) is 31.2 Å². The van der Waals surface area contributed by atoms with E-state index in [2.05, 4.69) is 6.92 Å². The van der Waals surface area contributed by atoms with Crippen LogP contribution in [0.1, 0.15) is 29.9 Å². The molecule has 13 heavy (non-hydrogen) atoms. The van der Waals surface area contributed by atoms with Crippen molar-refractivity contribution in [2.75, 3.05) is 13.7 Å². The monoisotopic (exact) mass is 181 g/mol. The molecule has 1 atom stereocenters. The molecule has 72 valence electrons. The smallest absolute Gasteiger partial charge is 0.166 e. The van der Waals surface area contributed by atoms with Gasteiger partial charge in [-0.1, -0.05) is 0 Å². The van der Waals surface area contributed by atoms with E-state index < -0.39 is 0 Å². The maximum absolute atomic E-state index is 10.6. The number of carbonyl (C=O) groups excluding carboxylic acids is 1. The SMILES string of the molecule is COCCC(C)n1cccc1C=O. The van der Waals surface area contributed by atoms with Crippen LogP contribution in [0.4, 0.5) is 0 Å². The molecule has 0 N–H and O–H groups in total. The molecule has 1 aromatic heterocycles. The molecule has 0 aliphatic carbocycles. The Hall–Kier alpha value is -1.09. The molecule has 0 saturated heterocycles. The second-order valence-electron chi connectivity index (χ2n) is 3.09. The summed E-state index contributed by atoms with van der Waals surface area (Å²) >= 11 is 0. The van der Waals surface area contributed by atoms with E-state index in [1.54, 1.807) is 7.11 Å². The molecule has 1 aromatic rings. The van der Waals surface area contributed by atoms with Crippen LogP contribution in [0, 0.1) is 0 Å². The van der Waals surface area contributed by atoms with Gasteiger partial charge in [0.2, 0.25) is 0 Å². The fraction of sp³-hybridized carbons (Fsp3) is 0.500. The fourth-order valence-corrected chi connectivity index (χ4v) is 1.34. The molecule has 0 spiro atoms. The van der Waals surface area contributed by atoms with Gasteiger partial charge in [-0.15, -0.1) is 0 Å². The third kappa shape index (κ3) is 2.42. The normalized spacial score (nSPS) is 12.8. The second kappa shape index (κ2) is 4.82. The highest BCUT2D eigenvalue weighted by Crippen LogP contribution is 2.13. The predicted octanol–water partition coefficient (Wildman–Crippen LogP) is 1.90. The number of ether oxygens (including phenoxy) is 1. The largest absolute Gasteiger partial charge is 0.385 e. The van der Waals surface area contributed by atoms with Crippen LogP contribution in [0.5, 0.6) is 0 Å². The summed E-state index contributed by atoms with van der Waals surface area (Å²) in [6.07, 6.45) is 3.72. The standard InChI is InChI=1S/C10H15NO2/c1-9(5-7-13-2)11-6-3-4-10(11)8-12/h3-4,6,8-9H,5,7H2,1-2H3. The van der Waals surface area contributed by atoms with Gasteiger partial charge < -0.3 is 9.30 Å². The molecular weight excluding hydrogens is 166 g/mol. The summed E-state index contributed by atoms with van der Waals surface area (Å²) in [6.45, 7) is 2.80. The van der Waals surface area contributed by atoms with Gasteiger partial charge in [-0.05, 0) is 25.5 Å². The van der Waals surface area contributed by atoms with Crippen molar-refractivity contribution in [3.8, 4) is 0 Å². The van der Waals surface area contributed by atoms with Gasteiger partial charge >= 0.3 is 0 Å². The summed E-state index contributed by atoms with van der Waals surface area (Å²) in [7, 11) is 1.68. The van der Waals surface area contributed by atoms with E-state index >= 15 is 0 Å². The summed E-state index contributed by atoms with van der Waals surface area (Å²) in [5, 5.41) is 0. The zero-order valence-corrected chi connectivity index (χ0v) is 8.06. The van der Waals surface area contributed by atoms with Crippen LogP contribution in [0.3, 0.4) is 0 Å². The molecule has 0 amide bonds. The molecular formula is C10H15NO2. The first-order valence-electron chi connectivity index (χ1n) is 4.40. The summed E-state index contributed by atoms with van der Waals surface area (Å²) in [4.78, 5) is 10.6. The molecule has 0 aromatic carbocycles. The van der Waals surface area contributed by atoms with E-state index in [1.165, 1.54) is 0 Å². The first-order chi connectivity index (χ1) is 6.29. The summed E-state index contributed by atoms with van der Waals surface area (Å²) in [5.41, 5.74) is 0.726. The molecule has 1 rings (SSSR count). The fourth-order valence-electron chi connectivity index (χ4n) is 1.34. The Labute approximate surface area is 78.3 Å². The highest BCUT2D eigenvalue weighted by Gasteiger charge is 2.06. The molecule has 3 nitrogen and oxygen atoms in total. The van der Waals surface area contributed by atoms with Crippen LogP contribution in [0.2, 0.25) is 0 Å². The van der Waals surface area contributed by atoms with Crippen molar-refractivity contribution >= 4 is 6.29 Å². The highest BCUT2D eigenvalue weighted by atomic mass is 16.5. The van der Waals surface area contributed by atoms with Gasteiger partial charge in [-0.3, -0.25) is 4.79 Å². The van der Waals surface area contributed by atoms with Crippen molar-refractivity contribution in [2.24, 2.45) is 0 Å². The number of rotatable bonds is 5. The van der Waals surface area contributed by atoms with Gasteiger partial charge in [-0.2, -0.15) is 0 Å². The number of nitrogens with zero attached hydrogens (tertiary/aromatic N) is 1. The molecule has 1 unspecified atom stereocenters. The summed E-state index contributed by atoms with van der Waals surface area (Å²) < 4.78 is 6.95. The molecule has 0 aliphatic rings. The van der Waals surface area contributed by atoms with Crippen LogP contribution >= 0.6 is 0 Å².